The summed E-state index contributed by atoms with van der Waals surface area (Å²) in [6, 6.07) is 10.5. The number of hydrogen-bond donors (Lipinski definition) is 1. The van der Waals surface area contributed by atoms with Crippen molar-refractivity contribution >= 4 is 15.8 Å². The van der Waals surface area contributed by atoms with Crippen molar-refractivity contribution in [2.24, 2.45) is 0 Å². The fourth-order valence-corrected chi connectivity index (χ4v) is 4.21. The molecule has 0 bridgehead atoms. The number of methoxy groups -OCH3 is 1. The van der Waals surface area contributed by atoms with Crippen LogP contribution in [0.2, 0.25) is 0 Å². The fraction of sp³-hybridized carbons (Fsp3) is 0.375. The first-order valence-electron chi connectivity index (χ1n) is 7.77. The normalized spacial score (nSPS) is 16.7. The second kappa shape index (κ2) is 7.14. The second-order valence-electron chi connectivity index (χ2n) is 5.58. The highest BCUT2D eigenvalue weighted by atomic mass is 32.2. The van der Waals surface area contributed by atoms with Crippen LogP contribution in [0.15, 0.2) is 47.6 Å². The van der Waals surface area contributed by atoms with Crippen LogP contribution < -0.4 is 10.1 Å². The minimum atomic E-state index is -3.41. The molecule has 24 heavy (non-hydrogen) atoms. The van der Waals surface area contributed by atoms with Crippen molar-refractivity contribution in [1.82, 2.24) is 14.3 Å². The second-order valence-corrected chi connectivity index (χ2v) is 7.52. The third-order valence-electron chi connectivity index (χ3n) is 4.04. The highest BCUT2D eigenvalue weighted by Crippen LogP contribution is 2.22. The van der Waals surface area contributed by atoms with Gasteiger partial charge in [-0.15, -0.1) is 0 Å². The summed E-state index contributed by atoms with van der Waals surface area (Å²) in [6.07, 6.45) is 2.88. The maximum absolute atomic E-state index is 12.6. The molecule has 1 fully saturated rings. The van der Waals surface area contributed by atoms with Crippen LogP contribution in [0.4, 0.5) is 5.82 Å². The van der Waals surface area contributed by atoms with Gasteiger partial charge in [-0.1, -0.05) is 18.2 Å². The number of nitrogens with zero attached hydrogens (tertiary/aromatic N) is 3. The van der Waals surface area contributed by atoms with Crippen LogP contribution >= 0.6 is 0 Å². The van der Waals surface area contributed by atoms with Crippen molar-refractivity contribution in [2.75, 3.05) is 25.5 Å². The number of anilines is 1. The molecular weight excluding hydrogens is 328 g/mol. The van der Waals surface area contributed by atoms with E-state index in [0.717, 1.165) is 12.8 Å². The maximum Gasteiger partial charge on any atom is 0.243 e. The summed E-state index contributed by atoms with van der Waals surface area (Å²) in [5.74, 6) is 1.18. The van der Waals surface area contributed by atoms with Crippen molar-refractivity contribution in [3.63, 3.8) is 0 Å². The van der Waals surface area contributed by atoms with E-state index in [1.54, 1.807) is 41.7 Å². The van der Waals surface area contributed by atoms with Crippen LogP contribution in [0.1, 0.15) is 12.8 Å². The van der Waals surface area contributed by atoms with Crippen LogP contribution in [0.25, 0.3) is 0 Å². The van der Waals surface area contributed by atoms with Crippen molar-refractivity contribution in [2.45, 2.75) is 23.8 Å². The Labute approximate surface area is 141 Å². The topological polar surface area (TPSA) is 84.4 Å². The molecule has 128 valence electrons. The van der Waals surface area contributed by atoms with Gasteiger partial charge in [0.15, 0.2) is 0 Å². The number of piperidine rings is 1. The van der Waals surface area contributed by atoms with E-state index in [1.165, 1.54) is 6.33 Å². The molecule has 8 heteroatoms. The van der Waals surface area contributed by atoms with Gasteiger partial charge in [0.05, 0.1) is 12.0 Å². The molecule has 2 aromatic rings. The average Bonchev–Trinajstić information content (AvgIpc) is 2.63. The Hall–Kier alpha value is -2.19. The van der Waals surface area contributed by atoms with Crippen molar-refractivity contribution < 1.29 is 13.2 Å². The summed E-state index contributed by atoms with van der Waals surface area (Å²) in [5, 5.41) is 3.31. The third-order valence-corrected chi connectivity index (χ3v) is 5.95. The Morgan fingerprint density at radius 3 is 2.54 bits per heavy atom. The van der Waals surface area contributed by atoms with Crippen molar-refractivity contribution in [3.05, 3.63) is 42.7 Å². The summed E-state index contributed by atoms with van der Waals surface area (Å²) < 4.78 is 31.8. The van der Waals surface area contributed by atoms with Crippen LogP contribution in [-0.4, -0.2) is 48.9 Å². The van der Waals surface area contributed by atoms with E-state index < -0.39 is 10.0 Å². The molecule has 1 aromatic heterocycles. The number of ether oxygens (including phenoxy) is 1. The molecule has 0 aliphatic carbocycles. The van der Waals surface area contributed by atoms with Gasteiger partial charge in [-0.05, 0) is 25.0 Å². The molecule has 0 saturated carbocycles. The quantitative estimate of drug-likeness (QED) is 0.886. The van der Waals surface area contributed by atoms with E-state index in [2.05, 4.69) is 15.3 Å². The number of nitrogens with one attached hydrogen (secondary N) is 1. The van der Waals surface area contributed by atoms with Gasteiger partial charge in [0.1, 0.15) is 12.1 Å². The molecule has 7 nitrogen and oxygen atoms in total. The lowest BCUT2D eigenvalue weighted by atomic mass is 10.1. The number of benzene rings is 1. The van der Waals surface area contributed by atoms with Gasteiger partial charge in [0, 0.05) is 25.2 Å². The van der Waals surface area contributed by atoms with Crippen LogP contribution in [0, 0.1) is 0 Å². The lowest BCUT2D eigenvalue weighted by Crippen LogP contribution is -2.42. The SMILES string of the molecule is COc1cc(NC2CCN(S(=O)(=O)c3ccccc3)CC2)ncn1. The Morgan fingerprint density at radius 1 is 1.17 bits per heavy atom. The highest BCUT2D eigenvalue weighted by molar-refractivity contribution is 7.89. The highest BCUT2D eigenvalue weighted by Gasteiger charge is 2.29. The Kier molecular flexibility index (Phi) is 4.96. The summed E-state index contributed by atoms with van der Waals surface area (Å²) in [5.41, 5.74) is 0. The number of aromatic nitrogens is 2. The maximum atomic E-state index is 12.6. The van der Waals surface area contributed by atoms with Gasteiger partial charge in [0.25, 0.3) is 0 Å². The molecule has 0 atom stereocenters. The zero-order valence-electron chi connectivity index (χ0n) is 13.4. The van der Waals surface area contributed by atoms with Crippen LogP contribution in [0.5, 0.6) is 5.88 Å². The molecule has 0 radical (unpaired) electrons. The average molecular weight is 348 g/mol. The summed E-state index contributed by atoms with van der Waals surface area (Å²) >= 11 is 0. The monoisotopic (exact) mass is 348 g/mol. The molecule has 0 spiro atoms. The first kappa shape index (κ1) is 16.7. The van der Waals surface area contributed by atoms with Gasteiger partial charge in [-0.25, -0.2) is 18.4 Å². The van der Waals surface area contributed by atoms with Gasteiger partial charge in [0.2, 0.25) is 15.9 Å². The fourth-order valence-electron chi connectivity index (χ4n) is 2.72. The van der Waals surface area contributed by atoms with E-state index in [-0.39, 0.29) is 6.04 Å². The smallest absolute Gasteiger partial charge is 0.243 e. The first-order valence-corrected chi connectivity index (χ1v) is 9.21. The molecular formula is C16H20N4O3S. The Bertz CT molecular complexity index is 775. The summed E-state index contributed by atoms with van der Waals surface area (Å²) in [4.78, 5) is 8.48. The molecule has 0 amide bonds. The molecule has 1 aliphatic rings. The van der Waals surface area contributed by atoms with Crippen LogP contribution in [-0.2, 0) is 10.0 Å². The van der Waals surface area contributed by atoms with Crippen LogP contribution in [0.3, 0.4) is 0 Å². The molecule has 2 heterocycles. The predicted octanol–water partition coefficient (Wildman–Crippen LogP) is 1.75. The minimum Gasteiger partial charge on any atom is -0.481 e. The lowest BCUT2D eigenvalue weighted by Gasteiger charge is -2.31. The number of sulfonamides is 1. The number of rotatable bonds is 5. The molecule has 1 N–H and O–H groups in total. The molecule has 1 aliphatic heterocycles. The van der Waals surface area contributed by atoms with Gasteiger partial charge in [-0.3, -0.25) is 0 Å². The zero-order chi connectivity index (χ0) is 17.0. The van der Waals surface area contributed by atoms with Crippen molar-refractivity contribution in [1.29, 1.82) is 0 Å². The van der Waals surface area contributed by atoms with Crippen molar-refractivity contribution in [3.8, 4) is 5.88 Å². The minimum absolute atomic E-state index is 0.173. The van der Waals surface area contributed by atoms with Gasteiger partial charge >= 0.3 is 0 Å². The molecule has 0 unspecified atom stereocenters. The summed E-state index contributed by atoms with van der Waals surface area (Å²) in [6.45, 7) is 0.966. The third kappa shape index (κ3) is 3.65. The molecule has 3 rings (SSSR count). The van der Waals surface area contributed by atoms with E-state index in [4.69, 9.17) is 4.74 Å². The summed E-state index contributed by atoms with van der Waals surface area (Å²) in [7, 11) is -1.85. The predicted molar refractivity (Wildman–Crippen MR) is 90.4 cm³/mol. The van der Waals surface area contributed by atoms with Gasteiger partial charge in [-0.2, -0.15) is 4.31 Å². The Morgan fingerprint density at radius 2 is 1.88 bits per heavy atom. The Balaban J connectivity index is 1.61. The molecule has 1 saturated heterocycles. The van der Waals surface area contributed by atoms with Gasteiger partial charge < -0.3 is 10.1 Å². The standard InChI is InChI=1S/C16H20N4O3S/c1-23-16-11-15(17-12-18-16)19-13-7-9-20(10-8-13)24(21,22)14-5-3-2-4-6-14/h2-6,11-13H,7-10H2,1H3,(H,17,18,19). The van der Waals surface area contributed by atoms with E-state index in [0.29, 0.717) is 29.7 Å². The first-order chi connectivity index (χ1) is 11.6. The lowest BCUT2D eigenvalue weighted by molar-refractivity contribution is 0.329. The largest absolute Gasteiger partial charge is 0.481 e. The number of hydrogen-bond acceptors (Lipinski definition) is 6. The molecule has 1 aromatic carbocycles. The van der Waals surface area contributed by atoms with E-state index in [1.807, 2.05) is 6.07 Å². The van der Waals surface area contributed by atoms with E-state index >= 15 is 0 Å². The zero-order valence-corrected chi connectivity index (χ0v) is 14.2. The van der Waals surface area contributed by atoms with E-state index in [9.17, 15) is 8.42 Å².